The lowest BCUT2D eigenvalue weighted by Gasteiger charge is -2.30. The zero-order valence-corrected chi connectivity index (χ0v) is 9.47. The molecule has 0 radical (unpaired) electrons. The first-order chi connectivity index (χ1) is 5.96. The normalized spacial score (nSPS) is 34.9. The molecule has 0 aliphatic heterocycles. The molecule has 1 aliphatic rings. The third-order valence-corrected chi connectivity index (χ3v) is 3.71. The van der Waals surface area contributed by atoms with E-state index in [1.165, 1.54) is 12.8 Å². The molecule has 0 aromatic rings. The van der Waals surface area contributed by atoms with E-state index in [4.69, 9.17) is 11.6 Å². The van der Waals surface area contributed by atoms with E-state index in [9.17, 15) is 4.79 Å². The first kappa shape index (κ1) is 11.0. The zero-order chi connectivity index (χ0) is 10.1. The minimum atomic E-state index is -0.154. The van der Waals surface area contributed by atoms with Crippen LogP contribution in [0, 0.1) is 17.8 Å². The lowest BCUT2D eigenvalue weighted by molar-refractivity contribution is -0.109. The van der Waals surface area contributed by atoms with Crippen LogP contribution in [0.25, 0.3) is 0 Å². The van der Waals surface area contributed by atoms with Gasteiger partial charge in [0.2, 0.25) is 0 Å². The topological polar surface area (TPSA) is 17.1 Å². The quantitative estimate of drug-likeness (QED) is 0.507. The number of carbonyl (C=O) groups is 1. The van der Waals surface area contributed by atoms with Gasteiger partial charge in [-0.05, 0) is 38.0 Å². The van der Waals surface area contributed by atoms with Crippen LogP contribution in [-0.2, 0) is 4.79 Å². The van der Waals surface area contributed by atoms with Crippen molar-refractivity contribution in [2.45, 2.75) is 44.9 Å². The van der Waals surface area contributed by atoms with Crippen molar-refractivity contribution in [1.82, 2.24) is 0 Å². The van der Waals surface area contributed by atoms with Crippen LogP contribution in [0.3, 0.4) is 0 Å². The number of rotatable bonds is 3. The minimum Gasteiger partial charge on any atom is -0.303 e. The molecule has 1 aliphatic carbocycles. The highest BCUT2D eigenvalue weighted by Crippen LogP contribution is 2.46. The van der Waals surface area contributed by atoms with Crippen molar-refractivity contribution in [3.8, 4) is 0 Å². The first-order valence-corrected chi connectivity index (χ1v) is 5.47. The summed E-state index contributed by atoms with van der Waals surface area (Å²) >= 11 is 6.32. The van der Waals surface area contributed by atoms with Gasteiger partial charge < -0.3 is 4.79 Å². The van der Waals surface area contributed by atoms with Gasteiger partial charge in [-0.3, -0.25) is 0 Å². The van der Waals surface area contributed by atoms with E-state index in [2.05, 4.69) is 20.8 Å². The van der Waals surface area contributed by atoms with Crippen molar-refractivity contribution in [1.29, 1.82) is 0 Å². The fourth-order valence-corrected chi connectivity index (χ4v) is 2.90. The summed E-state index contributed by atoms with van der Waals surface area (Å²) in [5.41, 5.74) is 0. The molecule has 13 heavy (non-hydrogen) atoms. The van der Waals surface area contributed by atoms with E-state index in [1.807, 2.05) is 0 Å². The van der Waals surface area contributed by atoms with Crippen molar-refractivity contribution < 1.29 is 4.79 Å². The summed E-state index contributed by atoms with van der Waals surface area (Å²) in [5, 5.41) is 0. The van der Waals surface area contributed by atoms with Gasteiger partial charge in [-0.15, -0.1) is 11.6 Å². The Balaban J connectivity index is 2.69. The molecule has 0 heterocycles. The second kappa shape index (κ2) is 4.00. The van der Waals surface area contributed by atoms with E-state index in [1.54, 1.807) is 0 Å². The van der Waals surface area contributed by atoms with Crippen LogP contribution in [-0.4, -0.2) is 11.2 Å². The summed E-state index contributed by atoms with van der Waals surface area (Å²) in [6.45, 7) is 6.36. The summed E-state index contributed by atoms with van der Waals surface area (Å²) in [6, 6.07) is 0. The van der Waals surface area contributed by atoms with Crippen molar-refractivity contribution in [3.63, 3.8) is 0 Å². The van der Waals surface area contributed by atoms with Gasteiger partial charge in [0.25, 0.3) is 0 Å². The number of hydrogen-bond donors (Lipinski definition) is 0. The first-order valence-electron chi connectivity index (χ1n) is 5.09. The molecule has 3 atom stereocenters. The van der Waals surface area contributed by atoms with Crippen molar-refractivity contribution >= 4 is 17.9 Å². The molecule has 0 spiro atoms. The molecule has 0 aromatic carbocycles. The predicted molar refractivity (Wildman–Crippen MR) is 56.0 cm³/mol. The van der Waals surface area contributed by atoms with Gasteiger partial charge >= 0.3 is 0 Å². The number of carbonyl (C=O) groups excluding carboxylic acids is 1. The SMILES string of the molecule is C[C@@H]1CC[C@H](C(C)(C)Cl)[C@H]1CC=O. The van der Waals surface area contributed by atoms with Crippen LogP contribution in [0.4, 0.5) is 0 Å². The highest BCUT2D eigenvalue weighted by atomic mass is 35.5. The number of halogens is 1. The highest BCUT2D eigenvalue weighted by Gasteiger charge is 2.40. The van der Waals surface area contributed by atoms with Crippen molar-refractivity contribution in [2.24, 2.45) is 17.8 Å². The van der Waals surface area contributed by atoms with Crippen LogP contribution in [0.2, 0.25) is 0 Å². The molecule has 1 saturated carbocycles. The fraction of sp³-hybridized carbons (Fsp3) is 0.909. The number of alkyl halides is 1. The van der Waals surface area contributed by atoms with Crippen molar-refractivity contribution in [2.75, 3.05) is 0 Å². The fourth-order valence-electron chi connectivity index (χ4n) is 2.63. The van der Waals surface area contributed by atoms with Crippen LogP contribution in [0.15, 0.2) is 0 Å². The average molecular weight is 203 g/mol. The second-order valence-corrected chi connectivity index (χ2v) is 5.77. The maximum Gasteiger partial charge on any atom is 0.120 e. The van der Waals surface area contributed by atoms with Gasteiger partial charge in [0.15, 0.2) is 0 Å². The van der Waals surface area contributed by atoms with Crippen molar-refractivity contribution in [3.05, 3.63) is 0 Å². The Morgan fingerprint density at radius 2 is 2.08 bits per heavy atom. The zero-order valence-electron chi connectivity index (χ0n) is 8.72. The van der Waals surface area contributed by atoms with E-state index in [-0.39, 0.29) is 4.87 Å². The lowest BCUT2D eigenvalue weighted by atomic mass is 9.81. The highest BCUT2D eigenvalue weighted by molar-refractivity contribution is 6.23. The summed E-state index contributed by atoms with van der Waals surface area (Å²) < 4.78 is 0. The Morgan fingerprint density at radius 1 is 1.46 bits per heavy atom. The molecule has 2 heteroatoms. The van der Waals surface area contributed by atoms with Gasteiger partial charge in [0.05, 0.1) is 0 Å². The molecule has 0 N–H and O–H groups in total. The van der Waals surface area contributed by atoms with Gasteiger partial charge in [-0.2, -0.15) is 0 Å². The smallest absolute Gasteiger partial charge is 0.120 e. The third-order valence-electron chi connectivity index (χ3n) is 3.43. The maximum atomic E-state index is 10.5. The second-order valence-electron chi connectivity index (χ2n) is 4.79. The lowest BCUT2D eigenvalue weighted by Crippen LogP contribution is -2.29. The minimum absolute atomic E-state index is 0.154. The molecule has 0 unspecified atom stereocenters. The summed E-state index contributed by atoms with van der Waals surface area (Å²) in [5.74, 6) is 1.67. The van der Waals surface area contributed by atoms with Crippen LogP contribution >= 0.6 is 11.6 Å². The van der Waals surface area contributed by atoms with Crippen LogP contribution in [0.5, 0.6) is 0 Å². The monoisotopic (exact) mass is 202 g/mol. The molecule has 1 fully saturated rings. The van der Waals surface area contributed by atoms with Gasteiger partial charge in [-0.1, -0.05) is 13.3 Å². The molecule has 1 rings (SSSR count). The summed E-state index contributed by atoms with van der Waals surface area (Å²) in [6.07, 6.45) is 4.12. The molecule has 0 amide bonds. The molecule has 0 saturated heterocycles. The Kier molecular flexibility index (Phi) is 3.39. The standard InChI is InChI=1S/C11H19ClO/c1-8-4-5-10(11(2,3)12)9(8)6-7-13/h7-10H,4-6H2,1-3H3/t8-,9+,10+/m1/s1. The van der Waals surface area contributed by atoms with Gasteiger partial charge in [0.1, 0.15) is 6.29 Å². The van der Waals surface area contributed by atoms with Gasteiger partial charge in [-0.25, -0.2) is 0 Å². The Hall–Kier alpha value is -0.0400. The van der Waals surface area contributed by atoms with E-state index < -0.39 is 0 Å². The average Bonchev–Trinajstić information content (AvgIpc) is 2.32. The third kappa shape index (κ3) is 2.46. The molecule has 76 valence electrons. The number of aldehydes is 1. The molecular formula is C11H19ClO. The van der Waals surface area contributed by atoms with Crippen LogP contribution < -0.4 is 0 Å². The predicted octanol–water partition coefficient (Wildman–Crippen LogP) is 3.26. The number of hydrogen-bond acceptors (Lipinski definition) is 1. The van der Waals surface area contributed by atoms with E-state index in [0.29, 0.717) is 24.2 Å². The maximum absolute atomic E-state index is 10.5. The van der Waals surface area contributed by atoms with Gasteiger partial charge in [0, 0.05) is 11.3 Å². The Bertz CT molecular complexity index is 183. The Labute approximate surface area is 85.8 Å². The summed E-state index contributed by atoms with van der Waals surface area (Å²) in [7, 11) is 0. The van der Waals surface area contributed by atoms with Crippen LogP contribution in [0.1, 0.15) is 40.0 Å². The Morgan fingerprint density at radius 3 is 2.54 bits per heavy atom. The van der Waals surface area contributed by atoms with E-state index >= 15 is 0 Å². The molecule has 1 nitrogen and oxygen atoms in total. The van der Waals surface area contributed by atoms with E-state index in [0.717, 1.165) is 6.29 Å². The molecule has 0 aromatic heterocycles. The largest absolute Gasteiger partial charge is 0.303 e. The summed E-state index contributed by atoms with van der Waals surface area (Å²) in [4.78, 5) is 10.4. The molecular weight excluding hydrogens is 184 g/mol. The molecule has 0 bridgehead atoms.